The average molecular weight is 307 g/mol. The van der Waals surface area contributed by atoms with E-state index < -0.39 is 0 Å². The number of aliphatic imine (C=N–C) groups is 1. The molecule has 0 saturated carbocycles. The second kappa shape index (κ2) is 6.86. The number of nitrogens with zero attached hydrogens (tertiary/aromatic N) is 3. The number of hydrogen-bond donors (Lipinski definition) is 2. The summed E-state index contributed by atoms with van der Waals surface area (Å²) in [5.74, 6) is 1.24. The van der Waals surface area contributed by atoms with E-state index in [1.807, 2.05) is 0 Å². The minimum atomic E-state index is 0.128. The lowest BCUT2D eigenvalue weighted by molar-refractivity contribution is -0.119. The van der Waals surface area contributed by atoms with Gasteiger partial charge in [-0.3, -0.25) is 9.79 Å². The summed E-state index contributed by atoms with van der Waals surface area (Å²) in [7, 11) is 0. The molecule has 1 amide bonds. The predicted molar refractivity (Wildman–Crippen MR) is 87.9 cm³/mol. The lowest BCUT2D eigenvalue weighted by Gasteiger charge is -2.41. The molecule has 3 saturated heterocycles. The summed E-state index contributed by atoms with van der Waals surface area (Å²) in [5.41, 5.74) is 0.128. The van der Waals surface area contributed by atoms with Crippen LogP contribution in [0.4, 0.5) is 0 Å². The molecule has 3 rings (SSSR count). The van der Waals surface area contributed by atoms with Crippen molar-refractivity contribution in [3.63, 3.8) is 0 Å². The number of rotatable bonds is 4. The van der Waals surface area contributed by atoms with E-state index in [1.165, 1.54) is 19.5 Å². The highest BCUT2D eigenvalue weighted by molar-refractivity contribution is 5.81. The van der Waals surface area contributed by atoms with Gasteiger partial charge in [0.1, 0.15) is 0 Å². The maximum atomic E-state index is 11.6. The van der Waals surface area contributed by atoms with Crippen LogP contribution in [0.15, 0.2) is 4.99 Å². The SMILES string of the molecule is CCNC(=NCCN1CCC1)N1CCCC2(CNC(=O)C2)C1. The molecule has 0 bridgehead atoms. The lowest BCUT2D eigenvalue weighted by Crippen LogP contribution is -2.51. The average Bonchev–Trinajstić information content (AvgIpc) is 2.81. The Morgan fingerprint density at radius 1 is 1.36 bits per heavy atom. The first-order chi connectivity index (χ1) is 10.7. The van der Waals surface area contributed by atoms with Crippen LogP contribution in [0.2, 0.25) is 0 Å². The van der Waals surface area contributed by atoms with Gasteiger partial charge < -0.3 is 20.4 Å². The van der Waals surface area contributed by atoms with Gasteiger partial charge in [0.05, 0.1) is 6.54 Å². The molecule has 3 aliphatic rings. The van der Waals surface area contributed by atoms with Crippen molar-refractivity contribution < 1.29 is 4.79 Å². The van der Waals surface area contributed by atoms with Gasteiger partial charge in [-0.1, -0.05) is 0 Å². The monoisotopic (exact) mass is 307 g/mol. The molecular weight excluding hydrogens is 278 g/mol. The maximum absolute atomic E-state index is 11.6. The number of piperidine rings is 1. The number of hydrogen-bond acceptors (Lipinski definition) is 3. The summed E-state index contributed by atoms with van der Waals surface area (Å²) in [4.78, 5) is 21.3. The molecule has 0 aromatic carbocycles. The van der Waals surface area contributed by atoms with Gasteiger partial charge in [0, 0.05) is 44.6 Å². The van der Waals surface area contributed by atoms with Crippen molar-refractivity contribution in [2.24, 2.45) is 10.4 Å². The third-order valence-corrected chi connectivity index (χ3v) is 5.12. The molecule has 0 radical (unpaired) electrons. The van der Waals surface area contributed by atoms with E-state index in [-0.39, 0.29) is 11.3 Å². The summed E-state index contributed by atoms with van der Waals surface area (Å²) in [6, 6.07) is 0. The second-order valence-corrected chi connectivity index (χ2v) is 6.91. The topological polar surface area (TPSA) is 60.0 Å². The number of likely N-dealkylation sites (tertiary alicyclic amines) is 2. The lowest BCUT2D eigenvalue weighted by atomic mass is 9.79. The molecule has 1 spiro atoms. The van der Waals surface area contributed by atoms with Crippen LogP contribution in [-0.2, 0) is 4.79 Å². The van der Waals surface area contributed by atoms with Gasteiger partial charge in [-0.25, -0.2) is 0 Å². The standard InChI is InChI=1S/C16H29N5O/c1-2-17-15(18-6-10-20-7-4-8-20)21-9-3-5-16(13-21)11-14(22)19-12-16/h2-13H2,1H3,(H,17,18)(H,19,22). The van der Waals surface area contributed by atoms with Crippen molar-refractivity contribution >= 4 is 11.9 Å². The first-order valence-electron chi connectivity index (χ1n) is 8.73. The van der Waals surface area contributed by atoms with Gasteiger partial charge in [-0.2, -0.15) is 0 Å². The van der Waals surface area contributed by atoms with Crippen LogP contribution < -0.4 is 10.6 Å². The molecule has 1 atom stereocenters. The fourth-order valence-corrected chi connectivity index (χ4v) is 3.76. The summed E-state index contributed by atoms with van der Waals surface area (Å²) >= 11 is 0. The zero-order valence-corrected chi connectivity index (χ0v) is 13.7. The van der Waals surface area contributed by atoms with Crippen molar-refractivity contribution in [1.82, 2.24) is 20.4 Å². The van der Waals surface area contributed by atoms with Gasteiger partial charge in [0.2, 0.25) is 5.91 Å². The van der Waals surface area contributed by atoms with Crippen LogP contribution in [0, 0.1) is 5.41 Å². The van der Waals surface area contributed by atoms with Gasteiger partial charge in [0.25, 0.3) is 0 Å². The molecule has 3 fully saturated rings. The van der Waals surface area contributed by atoms with E-state index in [4.69, 9.17) is 4.99 Å². The van der Waals surface area contributed by atoms with Crippen molar-refractivity contribution in [3.05, 3.63) is 0 Å². The smallest absolute Gasteiger partial charge is 0.220 e. The third-order valence-electron chi connectivity index (χ3n) is 5.12. The zero-order valence-electron chi connectivity index (χ0n) is 13.7. The summed E-state index contributed by atoms with van der Waals surface area (Å²) in [6.45, 7) is 10.2. The summed E-state index contributed by atoms with van der Waals surface area (Å²) in [5, 5.41) is 6.44. The van der Waals surface area contributed by atoms with Crippen molar-refractivity contribution in [2.45, 2.75) is 32.6 Å². The van der Waals surface area contributed by atoms with Crippen LogP contribution in [0.25, 0.3) is 0 Å². The van der Waals surface area contributed by atoms with Crippen molar-refractivity contribution in [2.75, 3.05) is 52.4 Å². The van der Waals surface area contributed by atoms with Gasteiger partial charge >= 0.3 is 0 Å². The molecule has 2 N–H and O–H groups in total. The largest absolute Gasteiger partial charge is 0.357 e. The minimum Gasteiger partial charge on any atom is -0.357 e. The number of carbonyl (C=O) groups excluding carboxylic acids is 1. The molecule has 22 heavy (non-hydrogen) atoms. The first-order valence-corrected chi connectivity index (χ1v) is 8.73. The molecule has 1 unspecified atom stereocenters. The molecular formula is C16H29N5O. The minimum absolute atomic E-state index is 0.128. The Morgan fingerprint density at radius 2 is 2.23 bits per heavy atom. The Kier molecular flexibility index (Phi) is 4.86. The molecule has 0 aromatic rings. The van der Waals surface area contributed by atoms with Crippen LogP contribution in [-0.4, -0.2) is 74.0 Å². The van der Waals surface area contributed by atoms with Crippen LogP contribution in [0.5, 0.6) is 0 Å². The molecule has 3 aliphatic heterocycles. The zero-order chi connectivity index (χ0) is 15.4. The number of nitrogens with one attached hydrogen (secondary N) is 2. The third kappa shape index (κ3) is 3.54. The number of guanidine groups is 1. The highest BCUT2D eigenvalue weighted by atomic mass is 16.1. The van der Waals surface area contributed by atoms with E-state index >= 15 is 0 Å². The van der Waals surface area contributed by atoms with E-state index in [1.54, 1.807) is 0 Å². The predicted octanol–water partition coefficient (Wildman–Crippen LogP) is 0.260. The Hall–Kier alpha value is -1.30. The van der Waals surface area contributed by atoms with Crippen LogP contribution in [0.1, 0.15) is 32.6 Å². The molecule has 6 heteroatoms. The van der Waals surface area contributed by atoms with Crippen molar-refractivity contribution in [3.8, 4) is 0 Å². The van der Waals surface area contributed by atoms with Crippen molar-refractivity contribution in [1.29, 1.82) is 0 Å². The van der Waals surface area contributed by atoms with E-state index in [2.05, 4.69) is 27.4 Å². The van der Waals surface area contributed by atoms with E-state index in [9.17, 15) is 4.79 Å². The molecule has 3 heterocycles. The van der Waals surface area contributed by atoms with Gasteiger partial charge in [-0.05, 0) is 39.3 Å². The van der Waals surface area contributed by atoms with Crippen LogP contribution in [0.3, 0.4) is 0 Å². The van der Waals surface area contributed by atoms with Gasteiger partial charge in [0.15, 0.2) is 5.96 Å². The fraction of sp³-hybridized carbons (Fsp3) is 0.875. The van der Waals surface area contributed by atoms with E-state index in [0.29, 0.717) is 6.42 Å². The highest BCUT2D eigenvalue weighted by Crippen LogP contribution is 2.35. The Morgan fingerprint density at radius 3 is 2.86 bits per heavy atom. The molecule has 6 nitrogen and oxygen atoms in total. The normalized spacial score (nSPS) is 29.6. The van der Waals surface area contributed by atoms with E-state index in [0.717, 1.165) is 58.1 Å². The molecule has 124 valence electrons. The van der Waals surface area contributed by atoms with Crippen LogP contribution >= 0.6 is 0 Å². The van der Waals surface area contributed by atoms with Gasteiger partial charge in [-0.15, -0.1) is 0 Å². The Balaban J connectivity index is 1.59. The Labute approximate surface area is 133 Å². The first kappa shape index (κ1) is 15.6. The maximum Gasteiger partial charge on any atom is 0.220 e. The number of carbonyl (C=O) groups is 1. The summed E-state index contributed by atoms with van der Waals surface area (Å²) in [6.07, 6.45) is 4.30. The molecule has 0 aliphatic carbocycles. The Bertz CT molecular complexity index is 434. The fourth-order valence-electron chi connectivity index (χ4n) is 3.76. The molecule has 0 aromatic heterocycles. The summed E-state index contributed by atoms with van der Waals surface area (Å²) < 4.78 is 0. The highest BCUT2D eigenvalue weighted by Gasteiger charge is 2.42. The quantitative estimate of drug-likeness (QED) is 0.578. The second-order valence-electron chi connectivity index (χ2n) is 6.91. The number of amides is 1.